The van der Waals surface area contributed by atoms with Crippen LogP contribution < -0.4 is 16.4 Å². The van der Waals surface area contributed by atoms with Gasteiger partial charge in [0.1, 0.15) is 0 Å². The molecule has 0 aromatic rings. The summed E-state index contributed by atoms with van der Waals surface area (Å²) in [6.07, 6.45) is 1.71. The lowest BCUT2D eigenvalue weighted by atomic mass is 9.94. The molecule has 92 valence electrons. The molecule has 3 amide bonds. The number of ether oxygens (including phenoxy) is 1. The van der Waals surface area contributed by atoms with Crippen LogP contribution in [-0.2, 0) is 9.53 Å². The Bertz CT molecular complexity index is 278. The van der Waals surface area contributed by atoms with Crippen molar-refractivity contribution >= 4 is 11.9 Å². The van der Waals surface area contributed by atoms with E-state index < -0.39 is 11.9 Å². The van der Waals surface area contributed by atoms with Crippen molar-refractivity contribution in [2.24, 2.45) is 5.73 Å². The molecule has 0 bridgehead atoms. The number of rotatable bonds is 3. The number of hydrogen-bond acceptors (Lipinski definition) is 4. The summed E-state index contributed by atoms with van der Waals surface area (Å²) < 4.78 is 5.55. The second-order valence-corrected chi connectivity index (χ2v) is 4.59. The Kier molecular flexibility index (Phi) is 4.26. The van der Waals surface area contributed by atoms with Crippen molar-refractivity contribution < 1.29 is 14.3 Å². The van der Waals surface area contributed by atoms with E-state index in [0.29, 0.717) is 6.61 Å². The fourth-order valence-electron chi connectivity index (χ4n) is 1.82. The van der Waals surface area contributed by atoms with Gasteiger partial charge in [-0.2, -0.15) is 0 Å². The van der Waals surface area contributed by atoms with E-state index in [-0.39, 0.29) is 18.2 Å². The Morgan fingerprint density at radius 1 is 1.50 bits per heavy atom. The summed E-state index contributed by atoms with van der Waals surface area (Å²) in [5.41, 5.74) is 4.67. The first kappa shape index (κ1) is 12.9. The van der Waals surface area contributed by atoms with Gasteiger partial charge in [-0.3, -0.25) is 10.1 Å². The molecule has 1 heterocycles. The predicted molar refractivity (Wildman–Crippen MR) is 58.8 cm³/mol. The molecule has 6 heteroatoms. The van der Waals surface area contributed by atoms with Crippen molar-refractivity contribution in [3.05, 3.63) is 0 Å². The number of nitrogens with one attached hydrogen (secondary N) is 2. The first-order chi connectivity index (χ1) is 7.39. The summed E-state index contributed by atoms with van der Waals surface area (Å²) in [6, 6.07) is -0.582. The molecule has 0 aliphatic carbocycles. The van der Waals surface area contributed by atoms with Crippen LogP contribution in [0.3, 0.4) is 0 Å². The van der Waals surface area contributed by atoms with Crippen LogP contribution in [0, 0.1) is 0 Å². The van der Waals surface area contributed by atoms with Crippen LogP contribution in [0.1, 0.15) is 26.7 Å². The number of primary amides is 1. The number of carbonyl (C=O) groups is 2. The Morgan fingerprint density at radius 3 is 2.75 bits per heavy atom. The number of carbonyl (C=O) groups excluding carboxylic acids is 2. The van der Waals surface area contributed by atoms with Crippen LogP contribution in [0.4, 0.5) is 4.79 Å². The molecule has 16 heavy (non-hydrogen) atoms. The van der Waals surface area contributed by atoms with Gasteiger partial charge in [0, 0.05) is 12.6 Å². The highest BCUT2D eigenvalue weighted by atomic mass is 16.5. The highest BCUT2D eigenvalue weighted by Crippen LogP contribution is 2.23. The van der Waals surface area contributed by atoms with Gasteiger partial charge < -0.3 is 15.8 Å². The molecular formula is C10H19N3O3. The maximum absolute atomic E-state index is 11.2. The molecule has 1 rings (SSSR count). The smallest absolute Gasteiger partial charge is 0.318 e. The third-order valence-electron chi connectivity index (χ3n) is 2.51. The summed E-state index contributed by atoms with van der Waals surface area (Å²) in [4.78, 5) is 21.6. The van der Waals surface area contributed by atoms with Gasteiger partial charge >= 0.3 is 6.03 Å². The van der Waals surface area contributed by atoms with Crippen molar-refractivity contribution in [1.82, 2.24) is 10.6 Å². The van der Waals surface area contributed by atoms with Gasteiger partial charge in [-0.05, 0) is 26.7 Å². The molecule has 1 fully saturated rings. The molecule has 1 aliphatic heterocycles. The lowest BCUT2D eigenvalue weighted by Gasteiger charge is -2.35. The largest absolute Gasteiger partial charge is 0.375 e. The first-order valence-corrected chi connectivity index (χ1v) is 5.36. The standard InChI is InChI=1S/C10H19N3O3/c1-10(2)5-7(3-4-16-10)12-6-8(14)13-9(11)15/h7,12H,3-6H2,1-2H3,(H3,11,13,14,15). The number of amides is 3. The summed E-state index contributed by atoms with van der Waals surface area (Å²) in [6.45, 7) is 4.82. The van der Waals surface area contributed by atoms with Gasteiger partial charge in [0.2, 0.25) is 5.91 Å². The Hall–Kier alpha value is -1.14. The molecule has 0 aromatic carbocycles. The Labute approximate surface area is 94.9 Å². The highest BCUT2D eigenvalue weighted by molar-refractivity contribution is 5.94. The maximum atomic E-state index is 11.2. The molecular weight excluding hydrogens is 210 g/mol. The second kappa shape index (κ2) is 5.27. The molecule has 6 nitrogen and oxygen atoms in total. The summed E-state index contributed by atoms with van der Waals surface area (Å²) in [7, 11) is 0. The molecule has 0 spiro atoms. The zero-order valence-electron chi connectivity index (χ0n) is 9.71. The molecule has 0 aromatic heterocycles. The average molecular weight is 229 g/mol. The van der Waals surface area contributed by atoms with E-state index in [1.54, 1.807) is 0 Å². The van der Waals surface area contributed by atoms with Gasteiger partial charge in [0.15, 0.2) is 0 Å². The number of urea groups is 1. The maximum Gasteiger partial charge on any atom is 0.318 e. The van der Waals surface area contributed by atoms with Gasteiger partial charge in [-0.25, -0.2) is 4.79 Å². The van der Waals surface area contributed by atoms with Gasteiger partial charge in [0.05, 0.1) is 12.1 Å². The monoisotopic (exact) mass is 229 g/mol. The van der Waals surface area contributed by atoms with Crippen molar-refractivity contribution in [2.45, 2.75) is 38.3 Å². The number of nitrogens with two attached hydrogens (primary N) is 1. The lowest BCUT2D eigenvalue weighted by Crippen LogP contribution is -2.48. The fourth-order valence-corrected chi connectivity index (χ4v) is 1.82. The van der Waals surface area contributed by atoms with Crippen LogP contribution in [0.25, 0.3) is 0 Å². The van der Waals surface area contributed by atoms with Crippen LogP contribution >= 0.6 is 0 Å². The minimum atomic E-state index is -0.820. The van der Waals surface area contributed by atoms with Crippen LogP contribution in [-0.4, -0.2) is 36.7 Å². The number of imide groups is 1. The molecule has 1 unspecified atom stereocenters. The quantitative estimate of drug-likeness (QED) is 0.621. The van der Waals surface area contributed by atoms with E-state index in [1.807, 2.05) is 19.2 Å². The van der Waals surface area contributed by atoms with E-state index in [2.05, 4.69) is 5.32 Å². The van der Waals surface area contributed by atoms with Crippen LogP contribution in [0.15, 0.2) is 0 Å². The van der Waals surface area contributed by atoms with Gasteiger partial charge in [0.25, 0.3) is 0 Å². The lowest BCUT2D eigenvalue weighted by molar-refractivity contribution is -0.119. The van der Waals surface area contributed by atoms with E-state index in [0.717, 1.165) is 12.8 Å². The van der Waals surface area contributed by atoms with E-state index in [1.165, 1.54) is 0 Å². The normalized spacial score (nSPS) is 23.8. The molecule has 0 saturated carbocycles. The first-order valence-electron chi connectivity index (χ1n) is 5.36. The predicted octanol–water partition coefficient (Wildman–Crippen LogP) is -0.271. The zero-order valence-corrected chi connectivity index (χ0v) is 9.71. The SMILES string of the molecule is CC1(C)CC(NCC(=O)NC(N)=O)CCO1. The second-order valence-electron chi connectivity index (χ2n) is 4.59. The van der Waals surface area contributed by atoms with Crippen molar-refractivity contribution in [3.8, 4) is 0 Å². The third-order valence-corrected chi connectivity index (χ3v) is 2.51. The topological polar surface area (TPSA) is 93.5 Å². The van der Waals surface area contributed by atoms with Crippen molar-refractivity contribution in [1.29, 1.82) is 0 Å². The summed E-state index contributed by atoms with van der Waals surface area (Å²) in [5.74, 6) is -0.406. The molecule has 0 radical (unpaired) electrons. The summed E-state index contributed by atoms with van der Waals surface area (Å²) in [5, 5.41) is 5.09. The minimum absolute atomic E-state index is 0.101. The van der Waals surface area contributed by atoms with E-state index in [4.69, 9.17) is 10.5 Å². The average Bonchev–Trinajstić information content (AvgIpc) is 2.12. The number of hydrogen-bond donors (Lipinski definition) is 3. The van der Waals surface area contributed by atoms with Gasteiger partial charge in [-0.1, -0.05) is 0 Å². The summed E-state index contributed by atoms with van der Waals surface area (Å²) >= 11 is 0. The molecule has 4 N–H and O–H groups in total. The van der Waals surface area contributed by atoms with Crippen molar-refractivity contribution in [3.63, 3.8) is 0 Å². The fraction of sp³-hybridized carbons (Fsp3) is 0.800. The zero-order chi connectivity index (χ0) is 12.2. The molecule has 1 aliphatic rings. The Balaban J connectivity index is 2.27. The van der Waals surface area contributed by atoms with E-state index >= 15 is 0 Å². The van der Waals surface area contributed by atoms with Crippen LogP contribution in [0.2, 0.25) is 0 Å². The van der Waals surface area contributed by atoms with Gasteiger partial charge in [-0.15, -0.1) is 0 Å². The third kappa shape index (κ3) is 4.59. The highest BCUT2D eigenvalue weighted by Gasteiger charge is 2.28. The molecule has 1 saturated heterocycles. The van der Waals surface area contributed by atoms with Crippen LogP contribution in [0.5, 0.6) is 0 Å². The minimum Gasteiger partial charge on any atom is -0.375 e. The van der Waals surface area contributed by atoms with Crippen molar-refractivity contribution in [2.75, 3.05) is 13.2 Å². The molecule has 1 atom stereocenters. The Morgan fingerprint density at radius 2 is 2.19 bits per heavy atom. The van der Waals surface area contributed by atoms with E-state index in [9.17, 15) is 9.59 Å².